The molecule has 0 heterocycles. The molecule has 0 aliphatic rings. The zero-order valence-corrected chi connectivity index (χ0v) is 18.1. The molecule has 3 aromatic carbocycles. The fourth-order valence-corrected chi connectivity index (χ4v) is 3.81. The second kappa shape index (κ2) is 9.01. The van der Waals surface area contributed by atoms with Gasteiger partial charge in [-0.15, -0.1) is 5.11 Å². The lowest BCUT2D eigenvalue weighted by molar-refractivity contribution is 0.100. The maximum atomic E-state index is 12.8. The van der Waals surface area contributed by atoms with Gasteiger partial charge >= 0.3 is 0 Å². The van der Waals surface area contributed by atoms with Gasteiger partial charge in [-0.3, -0.25) is 14.3 Å². The van der Waals surface area contributed by atoms with Crippen molar-refractivity contribution < 1.29 is 18.0 Å². The highest BCUT2D eigenvalue weighted by Gasteiger charge is 2.17. The molecule has 0 radical (unpaired) electrons. The van der Waals surface area contributed by atoms with Crippen molar-refractivity contribution in [1.29, 1.82) is 0 Å². The minimum absolute atomic E-state index is 0.103. The van der Waals surface area contributed by atoms with E-state index in [4.69, 9.17) is 0 Å². The van der Waals surface area contributed by atoms with Crippen LogP contribution in [0.15, 0.2) is 81.9 Å². The Bertz CT molecular complexity index is 1280. The number of rotatable bonds is 7. The Morgan fingerprint density at radius 1 is 0.806 bits per heavy atom. The van der Waals surface area contributed by atoms with Crippen LogP contribution in [0, 0.1) is 6.92 Å². The van der Waals surface area contributed by atoms with E-state index >= 15 is 0 Å². The van der Waals surface area contributed by atoms with E-state index in [0.717, 1.165) is 5.56 Å². The van der Waals surface area contributed by atoms with Crippen LogP contribution < -0.4 is 4.72 Å². The number of hydrogen-bond acceptors (Lipinski definition) is 6. The summed E-state index contributed by atoms with van der Waals surface area (Å²) in [5, 5.41) is 8.27. The quantitative estimate of drug-likeness (QED) is 0.384. The van der Waals surface area contributed by atoms with Crippen LogP contribution in [0.1, 0.15) is 40.1 Å². The van der Waals surface area contributed by atoms with Crippen molar-refractivity contribution in [2.24, 2.45) is 10.2 Å². The summed E-state index contributed by atoms with van der Waals surface area (Å²) in [4.78, 5) is 23.5. The number of ketones is 2. The van der Waals surface area contributed by atoms with E-state index in [-0.39, 0.29) is 27.8 Å². The monoisotopic (exact) mass is 435 g/mol. The van der Waals surface area contributed by atoms with E-state index in [1.165, 1.54) is 44.2 Å². The van der Waals surface area contributed by atoms with E-state index in [2.05, 4.69) is 15.0 Å². The van der Waals surface area contributed by atoms with Gasteiger partial charge < -0.3 is 0 Å². The first kappa shape index (κ1) is 22.0. The number of carbonyl (C=O) groups excluding carboxylic acids is 2. The molecule has 0 aliphatic heterocycles. The second-order valence-electron chi connectivity index (χ2n) is 7.01. The fraction of sp³-hybridized carbons (Fsp3) is 0.130. The third kappa shape index (κ3) is 5.49. The normalized spacial score (nSPS) is 11.5. The summed E-state index contributed by atoms with van der Waals surface area (Å²) in [5.74, 6) is -0.301. The van der Waals surface area contributed by atoms with Crippen molar-refractivity contribution >= 4 is 38.7 Å². The number of aryl methyl sites for hydroxylation is 1. The molecule has 7 nitrogen and oxygen atoms in total. The predicted octanol–water partition coefficient (Wildman–Crippen LogP) is 5.62. The Labute approximate surface area is 180 Å². The minimum Gasteiger partial charge on any atom is -0.295 e. The SMILES string of the molecule is CC(=O)c1cccc(N=Nc2cc(C(C)=O)ccc2NS(=O)(=O)c2ccc(C)cc2)c1. The topological polar surface area (TPSA) is 105 Å². The first-order chi connectivity index (χ1) is 14.7. The summed E-state index contributed by atoms with van der Waals surface area (Å²) in [6, 6.07) is 17.5. The summed E-state index contributed by atoms with van der Waals surface area (Å²) < 4.78 is 28.1. The van der Waals surface area contributed by atoms with E-state index in [1.54, 1.807) is 36.4 Å². The molecule has 0 atom stereocenters. The Balaban J connectivity index is 1.99. The molecule has 0 saturated heterocycles. The van der Waals surface area contributed by atoms with Gasteiger partial charge in [0, 0.05) is 11.1 Å². The Morgan fingerprint density at radius 3 is 2.10 bits per heavy atom. The first-order valence-corrected chi connectivity index (χ1v) is 10.9. The summed E-state index contributed by atoms with van der Waals surface area (Å²) in [6.07, 6.45) is 0. The van der Waals surface area contributed by atoms with Gasteiger partial charge in [0.1, 0.15) is 5.69 Å². The van der Waals surface area contributed by atoms with E-state index in [9.17, 15) is 18.0 Å². The Hall–Kier alpha value is -3.65. The molecule has 0 aliphatic carbocycles. The van der Waals surface area contributed by atoms with Gasteiger partial charge in [-0.1, -0.05) is 29.8 Å². The molecule has 0 bridgehead atoms. The molecule has 0 amide bonds. The molecule has 31 heavy (non-hydrogen) atoms. The van der Waals surface area contributed by atoms with Crippen LogP contribution in [0.25, 0.3) is 0 Å². The van der Waals surface area contributed by atoms with Gasteiger partial charge in [-0.05, 0) is 63.2 Å². The van der Waals surface area contributed by atoms with Gasteiger partial charge in [0.05, 0.1) is 16.3 Å². The summed E-state index contributed by atoms with van der Waals surface area (Å²) in [6.45, 7) is 4.72. The molecule has 0 aromatic heterocycles. The Kier molecular flexibility index (Phi) is 6.41. The molecular weight excluding hydrogens is 414 g/mol. The maximum absolute atomic E-state index is 12.8. The molecule has 3 rings (SSSR count). The smallest absolute Gasteiger partial charge is 0.261 e. The molecule has 158 valence electrons. The molecule has 0 spiro atoms. The summed E-state index contributed by atoms with van der Waals surface area (Å²) in [7, 11) is -3.87. The zero-order valence-electron chi connectivity index (χ0n) is 17.3. The van der Waals surface area contributed by atoms with Gasteiger partial charge in [-0.2, -0.15) is 5.11 Å². The number of Topliss-reactive ketones (excluding diaryl/α,β-unsaturated/α-hetero) is 2. The lowest BCUT2D eigenvalue weighted by Crippen LogP contribution is -2.13. The van der Waals surface area contributed by atoms with E-state index in [0.29, 0.717) is 16.8 Å². The number of carbonyl (C=O) groups is 2. The highest BCUT2D eigenvalue weighted by Crippen LogP contribution is 2.31. The van der Waals surface area contributed by atoms with Gasteiger partial charge in [0.15, 0.2) is 11.6 Å². The molecule has 0 unspecified atom stereocenters. The van der Waals surface area contributed by atoms with Crippen molar-refractivity contribution in [3.05, 3.63) is 83.4 Å². The maximum Gasteiger partial charge on any atom is 0.261 e. The third-order valence-electron chi connectivity index (χ3n) is 4.51. The first-order valence-electron chi connectivity index (χ1n) is 9.43. The van der Waals surface area contributed by atoms with Crippen LogP contribution in [0.3, 0.4) is 0 Å². The van der Waals surface area contributed by atoms with E-state index < -0.39 is 10.0 Å². The molecule has 0 fully saturated rings. The minimum atomic E-state index is -3.87. The average molecular weight is 436 g/mol. The fourth-order valence-electron chi connectivity index (χ4n) is 2.74. The largest absolute Gasteiger partial charge is 0.295 e. The summed E-state index contributed by atoms with van der Waals surface area (Å²) >= 11 is 0. The van der Waals surface area contributed by atoms with Crippen molar-refractivity contribution in [3.8, 4) is 0 Å². The van der Waals surface area contributed by atoms with Crippen LogP contribution in [0.5, 0.6) is 0 Å². The lowest BCUT2D eigenvalue weighted by atomic mass is 10.1. The molecule has 0 saturated carbocycles. The number of azo groups is 1. The number of benzene rings is 3. The molecule has 3 aromatic rings. The zero-order chi connectivity index (χ0) is 22.6. The highest BCUT2D eigenvalue weighted by atomic mass is 32.2. The molecular formula is C23H21N3O4S. The van der Waals surface area contributed by atoms with Crippen molar-refractivity contribution in [2.75, 3.05) is 4.72 Å². The number of sulfonamides is 1. The predicted molar refractivity (Wildman–Crippen MR) is 119 cm³/mol. The number of anilines is 1. The number of nitrogens with zero attached hydrogens (tertiary/aromatic N) is 2. The number of nitrogens with one attached hydrogen (secondary N) is 1. The second-order valence-corrected chi connectivity index (χ2v) is 8.70. The van der Waals surface area contributed by atoms with Crippen molar-refractivity contribution in [2.45, 2.75) is 25.7 Å². The summed E-state index contributed by atoms with van der Waals surface area (Å²) in [5.41, 5.74) is 2.56. The van der Waals surface area contributed by atoms with Crippen molar-refractivity contribution in [3.63, 3.8) is 0 Å². The van der Waals surface area contributed by atoms with Gasteiger partial charge in [-0.25, -0.2) is 8.42 Å². The van der Waals surface area contributed by atoms with Crippen LogP contribution >= 0.6 is 0 Å². The Morgan fingerprint density at radius 2 is 1.45 bits per heavy atom. The number of hydrogen-bond donors (Lipinski definition) is 1. The van der Waals surface area contributed by atoms with Crippen LogP contribution in [-0.2, 0) is 10.0 Å². The van der Waals surface area contributed by atoms with E-state index in [1.807, 2.05) is 6.92 Å². The van der Waals surface area contributed by atoms with Gasteiger partial charge in [0.2, 0.25) is 0 Å². The standard InChI is InChI=1S/C23H21N3O4S/c1-15-7-10-21(11-8-15)31(29,30)26-22-12-9-19(17(3)28)14-23(22)25-24-20-6-4-5-18(13-20)16(2)27/h4-14,26H,1-3H3. The van der Waals surface area contributed by atoms with Crippen LogP contribution in [0.2, 0.25) is 0 Å². The van der Waals surface area contributed by atoms with Crippen molar-refractivity contribution in [1.82, 2.24) is 0 Å². The van der Waals surface area contributed by atoms with Crippen LogP contribution in [-0.4, -0.2) is 20.0 Å². The van der Waals surface area contributed by atoms with Gasteiger partial charge in [0.25, 0.3) is 10.0 Å². The lowest BCUT2D eigenvalue weighted by Gasteiger charge is -2.11. The van der Waals surface area contributed by atoms with Crippen LogP contribution in [0.4, 0.5) is 17.1 Å². The highest BCUT2D eigenvalue weighted by molar-refractivity contribution is 7.92. The molecule has 8 heteroatoms. The molecule has 1 N–H and O–H groups in total. The average Bonchev–Trinajstić information content (AvgIpc) is 2.73. The third-order valence-corrected chi connectivity index (χ3v) is 5.89.